The zero-order chi connectivity index (χ0) is 13.0. The summed E-state index contributed by atoms with van der Waals surface area (Å²) < 4.78 is 7.40. The smallest absolute Gasteiger partial charge is 0.118 e. The summed E-state index contributed by atoms with van der Waals surface area (Å²) in [6, 6.07) is 12.6. The molecule has 0 radical (unpaired) electrons. The van der Waals surface area contributed by atoms with Gasteiger partial charge in [0.15, 0.2) is 0 Å². The molecular formula is C15H20N2O. The Morgan fingerprint density at radius 3 is 2.56 bits per heavy atom. The Kier molecular flexibility index (Phi) is 4.05. The summed E-state index contributed by atoms with van der Waals surface area (Å²) in [7, 11) is 1.68. The fourth-order valence-corrected chi connectivity index (χ4v) is 2.05. The van der Waals surface area contributed by atoms with Crippen LogP contribution in [-0.2, 0) is 13.0 Å². The first kappa shape index (κ1) is 12.7. The molecule has 3 nitrogen and oxygen atoms in total. The molecule has 1 aromatic carbocycles. The SMILES string of the molecule is COc1ccc(Cn2cccc2CC(C)N)cc1. The van der Waals surface area contributed by atoms with Crippen LogP contribution in [0.5, 0.6) is 5.75 Å². The highest BCUT2D eigenvalue weighted by molar-refractivity contribution is 5.27. The van der Waals surface area contributed by atoms with Crippen LogP contribution in [0.1, 0.15) is 18.2 Å². The maximum atomic E-state index is 5.85. The molecule has 0 spiro atoms. The van der Waals surface area contributed by atoms with Gasteiger partial charge in [-0.05, 0) is 36.8 Å². The number of nitrogens with zero attached hydrogens (tertiary/aromatic N) is 1. The molecule has 0 bridgehead atoms. The lowest BCUT2D eigenvalue weighted by atomic mass is 10.2. The van der Waals surface area contributed by atoms with E-state index in [1.54, 1.807) is 7.11 Å². The normalized spacial score (nSPS) is 12.4. The number of hydrogen-bond acceptors (Lipinski definition) is 2. The summed E-state index contributed by atoms with van der Waals surface area (Å²) in [5, 5.41) is 0. The molecule has 3 heteroatoms. The zero-order valence-corrected chi connectivity index (χ0v) is 11.0. The summed E-state index contributed by atoms with van der Waals surface area (Å²) in [6.07, 6.45) is 3.01. The lowest BCUT2D eigenvalue weighted by Crippen LogP contribution is -2.20. The standard InChI is InChI=1S/C15H20N2O/c1-12(16)10-14-4-3-9-17(14)11-13-5-7-15(18-2)8-6-13/h3-9,12H,10-11,16H2,1-2H3. The third-order valence-corrected chi connectivity index (χ3v) is 2.97. The van der Waals surface area contributed by atoms with E-state index in [1.165, 1.54) is 11.3 Å². The van der Waals surface area contributed by atoms with E-state index in [0.29, 0.717) is 0 Å². The van der Waals surface area contributed by atoms with E-state index in [2.05, 4.69) is 35.0 Å². The fraction of sp³-hybridized carbons (Fsp3) is 0.333. The van der Waals surface area contributed by atoms with Gasteiger partial charge in [0.25, 0.3) is 0 Å². The van der Waals surface area contributed by atoms with Crippen LogP contribution in [0.25, 0.3) is 0 Å². The van der Waals surface area contributed by atoms with E-state index in [-0.39, 0.29) is 6.04 Å². The first-order valence-corrected chi connectivity index (χ1v) is 6.21. The highest BCUT2D eigenvalue weighted by Crippen LogP contribution is 2.14. The molecule has 1 unspecified atom stereocenters. The Morgan fingerprint density at radius 1 is 1.22 bits per heavy atom. The molecule has 1 aromatic heterocycles. The number of ether oxygens (including phenoxy) is 1. The zero-order valence-electron chi connectivity index (χ0n) is 11.0. The molecule has 96 valence electrons. The third-order valence-electron chi connectivity index (χ3n) is 2.97. The molecule has 0 aliphatic rings. The lowest BCUT2D eigenvalue weighted by molar-refractivity contribution is 0.414. The van der Waals surface area contributed by atoms with Crippen LogP contribution in [0.3, 0.4) is 0 Å². The molecule has 0 amide bonds. The Hall–Kier alpha value is -1.74. The van der Waals surface area contributed by atoms with Gasteiger partial charge in [0.1, 0.15) is 5.75 Å². The average molecular weight is 244 g/mol. The van der Waals surface area contributed by atoms with Crippen LogP contribution in [-0.4, -0.2) is 17.7 Å². The van der Waals surface area contributed by atoms with Gasteiger partial charge in [0, 0.05) is 30.9 Å². The van der Waals surface area contributed by atoms with Gasteiger partial charge < -0.3 is 15.0 Å². The minimum absolute atomic E-state index is 0.189. The van der Waals surface area contributed by atoms with Gasteiger partial charge in [-0.3, -0.25) is 0 Å². The first-order chi connectivity index (χ1) is 8.69. The second-order valence-corrected chi connectivity index (χ2v) is 4.66. The van der Waals surface area contributed by atoms with Crippen LogP contribution in [0, 0.1) is 0 Å². The summed E-state index contributed by atoms with van der Waals surface area (Å²) in [4.78, 5) is 0. The van der Waals surface area contributed by atoms with E-state index in [9.17, 15) is 0 Å². The number of aromatic nitrogens is 1. The monoisotopic (exact) mass is 244 g/mol. The Bertz CT molecular complexity index is 485. The van der Waals surface area contributed by atoms with Gasteiger partial charge in [0.05, 0.1) is 7.11 Å². The van der Waals surface area contributed by atoms with Gasteiger partial charge >= 0.3 is 0 Å². The molecule has 0 fully saturated rings. The molecule has 0 saturated heterocycles. The molecule has 2 aromatic rings. The van der Waals surface area contributed by atoms with Crippen molar-refractivity contribution < 1.29 is 4.74 Å². The lowest BCUT2D eigenvalue weighted by Gasteiger charge is -2.11. The summed E-state index contributed by atoms with van der Waals surface area (Å²) in [6.45, 7) is 2.91. The number of methoxy groups -OCH3 is 1. The van der Waals surface area contributed by atoms with Crippen LogP contribution in [0.2, 0.25) is 0 Å². The predicted octanol–water partition coefficient (Wildman–Crippen LogP) is 2.43. The van der Waals surface area contributed by atoms with Crippen LogP contribution in [0.15, 0.2) is 42.6 Å². The molecule has 2 N–H and O–H groups in total. The summed E-state index contributed by atoms with van der Waals surface area (Å²) in [5.41, 5.74) is 8.39. The van der Waals surface area contributed by atoms with Crippen molar-refractivity contribution in [2.24, 2.45) is 5.73 Å². The maximum absolute atomic E-state index is 5.85. The van der Waals surface area contributed by atoms with Crippen molar-refractivity contribution in [3.8, 4) is 5.75 Å². The van der Waals surface area contributed by atoms with Crippen molar-refractivity contribution in [3.63, 3.8) is 0 Å². The van der Waals surface area contributed by atoms with E-state index < -0.39 is 0 Å². The highest BCUT2D eigenvalue weighted by atomic mass is 16.5. The van der Waals surface area contributed by atoms with Gasteiger partial charge in [0.2, 0.25) is 0 Å². The van der Waals surface area contributed by atoms with Gasteiger partial charge in [-0.1, -0.05) is 12.1 Å². The Balaban J connectivity index is 2.10. The van der Waals surface area contributed by atoms with E-state index in [4.69, 9.17) is 10.5 Å². The van der Waals surface area contributed by atoms with Gasteiger partial charge in [-0.2, -0.15) is 0 Å². The van der Waals surface area contributed by atoms with Crippen molar-refractivity contribution in [1.82, 2.24) is 4.57 Å². The quantitative estimate of drug-likeness (QED) is 0.877. The molecule has 2 rings (SSSR count). The van der Waals surface area contributed by atoms with Gasteiger partial charge in [-0.25, -0.2) is 0 Å². The maximum Gasteiger partial charge on any atom is 0.118 e. The number of benzene rings is 1. The predicted molar refractivity (Wildman–Crippen MR) is 73.9 cm³/mol. The number of hydrogen-bond donors (Lipinski definition) is 1. The molecule has 1 atom stereocenters. The van der Waals surface area contributed by atoms with Crippen molar-refractivity contribution in [3.05, 3.63) is 53.9 Å². The highest BCUT2D eigenvalue weighted by Gasteiger charge is 2.04. The average Bonchev–Trinajstić information content (AvgIpc) is 2.77. The van der Waals surface area contributed by atoms with E-state index in [1.807, 2.05) is 19.1 Å². The molecule has 18 heavy (non-hydrogen) atoms. The van der Waals surface area contributed by atoms with E-state index in [0.717, 1.165) is 18.7 Å². The Morgan fingerprint density at radius 2 is 1.94 bits per heavy atom. The topological polar surface area (TPSA) is 40.2 Å². The minimum Gasteiger partial charge on any atom is -0.497 e. The van der Waals surface area contributed by atoms with E-state index >= 15 is 0 Å². The third kappa shape index (κ3) is 3.14. The molecule has 0 aliphatic heterocycles. The van der Waals surface area contributed by atoms with Crippen LogP contribution < -0.4 is 10.5 Å². The van der Waals surface area contributed by atoms with Crippen molar-refractivity contribution >= 4 is 0 Å². The second kappa shape index (κ2) is 5.74. The first-order valence-electron chi connectivity index (χ1n) is 6.21. The molecule has 1 heterocycles. The van der Waals surface area contributed by atoms with Crippen LogP contribution >= 0.6 is 0 Å². The number of nitrogens with two attached hydrogens (primary N) is 1. The van der Waals surface area contributed by atoms with Gasteiger partial charge in [-0.15, -0.1) is 0 Å². The summed E-state index contributed by atoms with van der Waals surface area (Å²) >= 11 is 0. The second-order valence-electron chi connectivity index (χ2n) is 4.66. The fourth-order valence-electron chi connectivity index (χ4n) is 2.05. The minimum atomic E-state index is 0.189. The number of rotatable bonds is 5. The van der Waals surface area contributed by atoms with Crippen molar-refractivity contribution in [1.29, 1.82) is 0 Å². The van der Waals surface area contributed by atoms with Crippen LogP contribution in [0.4, 0.5) is 0 Å². The molecule has 0 aliphatic carbocycles. The molecule has 0 saturated carbocycles. The van der Waals surface area contributed by atoms with Crippen molar-refractivity contribution in [2.75, 3.05) is 7.11 Å². The Labute approximate surface area is 108 Å². The molecular weight excluding hydrogens is 224 g/mol. The largest absolute Gasteiger partial charge is 0.497 e. The summed E-state index contributed by atoms with van der Waals surface area (Å²) in [5.74, 6) is 0.891. The van der Waals surface area contributed by atoms with Crippen molar-refractivity contribution in [2.45, 2.75) is 25.9 Å².